The van der Waals surface area contributed by atoms with Gasteiger partial charge >= 0.3 is 0 Å². The minimum Gasteiger partial charge on any atom is -0.369 e. The first-order chi connectivity index (χ1) is 12.3. The number of rotatable bonds is 7. The minimum absolute atomic E-state index is 0.0238. The lowest BCUT2D eigenvalue weighted by molar-refractivity contribution is -0.119. The molecule has 138 valence electrons. The van der Waals surface area contributed by atoms with Gasteiger partial charge in [0.25, 0.3) is 5.91 Å². The minimum atomic E-state index is -0.884. The highest BCUT2D eigenvalue weighted by Gasteiger charge is 2.26. The molecule has 9 heteroatoms. The fourth-order valence-corrected chi connectivity index (χ4v) is 2.92. The normalized spacial score (nSPS) is 11.8. The van der Waals surface area contributed by atoms with Gasteiger partial charge < -0.3 is 16.4 Å². The smallest absolute Gasteiger partial charge is 0.254 e. The molecule has 1 atom stereocenters. The molecule has 26 heavy (non-hydrogen) atoms. The Kier molecular flexibility index (Phi) is 6.40. The Bertz CT molecular complexity index is 822. The number of halogens is 1. The third-order valence-electron chi connectivity index (χ3n) is 3.49. The van der Waals surface area contributed by atoms with Crippen LogP contribution in [0.4, 0.5) is 9.52 Å². The average Bonchev–Trinajstić information content (AvgIpc) is 2.98. The molecular formula is C17H19FN4O3S. The molecule has 1 aromatic carbocycles. The summed E-state index contributed by atoms with van der Waals surface area (Å²) in [5.74, 6) is -2.58. The van der Waals surface area contributed by atoms with Crippen molar-refractivity contribution in [2.24, 2.45) is 11.7 Å². The van der Waals surface area contributed by atoms with E-state index in [1.165, 1.54) is 24.3 Å². The first-order valence-electron chi connectivity index (χ1n) is 7.87. The molecule has 3 amide bonds. The number of carbonyl (C=O) groups is 3. The second-order valence-electron chi connectivity index (χ2n) is 5.95. The van der Waals surface area contributed by atoms with Crippen LogP contribution in [0, 0.1) is 11.7 Å². The van der Waals surface area contributed by atoms with Crippen LogP contribution in [0.1, 0.15) is 29.9 Å². The fraction of sp³-hybridized carbons (Fsp3) is 0.294. The van der Waals surface area contributed by atoms with Crippen LogP contribution in [-0.2, 0) is 16.0 Å². The summed E-state index contributed by atoms with van der Waals surface area (Å²) in [5.41, 5.74) is 5.42. The number of nitrogens with two attached hydrogens (primary N) is 1. The summed E-state index contributed by atoms with van der Waals surface area (Å²) in [5, 5.41) is 7.04. The first-order valence-corrected chi connectivity index (χ1v) is 8.75. The molecule has 0 radical (unpaired) electrons. The van der Waals surface area contributed by atoms with Gasteiger partial charge in [0.2, 0.25) is 11.8 Å². The summed E-state index contributed by atoms with van der Waals surface area (Å²) >= 11 is 1.14. The van der Waals surface area contributed by atoms with Crippen molar-refractivity contribution in [2.75, 3.05) is 5.32 Å². The van der Waals surface area contributed by atoms with Crippen molar-refractivity contribution in [1.29, 1.82) is 0 Å². The number of hydrogen-bond donors (Lipinski definition) is 3. The van der Waals surface area contributed by atoms with Crippen LogP contribution >= 0.6 is 11.3 Å². The van der Waals surface area contributed by atoms with Crippen LogP contribution in [0.3, 0.4) is 0 Å². The first kappa shape index (κ1) is 19.5. The summed E-state index contributed by atoms with van der Waals surface area (Å²) in [4.78, 5) is 39.8. The van der Waals surface area contributed by atoms with E-state index in [9.17, 15) is 18.8 Å². The lowest BCUT2D eigenvalue weighted by Gasteiger charge is -2.21. The molecule has 4 N–H and O–H groups in total. The van der Waals surface area contributed by atoms with Crippen molar-refractivity contribution < 1.29 is 18.8 Å². The van der Waals surface area contributed by atoms with Crippen LogP contribution in [0.2, 0.25) is 0 Å². The molecule has 0 saturated heterocycles. The van der Waals surface area contributed by atoms with Crippen molar-refractivity contribution in [2.45, 2.75) is 26.3 Å². The largest absolute Gasteiger partial charge is 0.369 e. The quantitative estimate of drug-likeness (QED) is 0.680. The maximum Gasteiger partial charge on any atom is 0.254 e. The van der Waals surface area contributed by atoms with Gasteiger partial charge in [-0.05, 0) is 18.1 Å². The number of aromatic nitrogens is 1. The van der Waals surface area contributed by atoms with Gasteiger partial charge in [-0.25, -0.2) is 9.37 Å². The highest BCUT2D eigenvalue weighted by atomic mass is 32.1. The van der Waals surface area contributed by atoms with Gasteiger partial charge in [-0.1, -0.05) is 26.0 Å². The molecule has 7 nitrogen and oxygen atoms in total. The molecule has 1 heterocycles. The molecule has 0 saturated carbocycles. The maximum atomic E-state index is 13.7. The summed E-state index contributed by atoms with van der Waals surface area (Å²) in [6, 6.07) is 4.65. The van der Waals surface area contributed by atoms with Crippen LogP contribution < -0.4 is 16.4 Å². The Balaban J connectivity index is 2.07. The summed E-state index contributed by atoms with van der Waals surface area (Å²) in [7, 11) is 0. The Morgan fingerprint density at radius 1 is 1.27 bits per heavy atom. The van der Waals surface area contributed by atoms with Crippen LogP contribution in [0.15, 0.2) is 29.6 Å². The lowest BCUT2D eigenvalue weighted by atomic mass is 10.0. The van der Waals surface area contributed by atoms with E-state index in [1.54, 1.807) is 19.2 Å². The number of amides is 3. The molecule has 0 aliphatic carbocycles. The van der Waals surface area contributed by atoms with E-state index in [-0.39, 0.29) is 23.0 Å². The van der Waals surface area contributed by atoms with E-state index in [2.05, 4.69) is 15.6 Å². The number of carbonyl (C=O) groups excluding carboxylic acids is 3. The Morgan fingerprint density at radius 3 is 2.58 bits per heavy atom. The molecule has 2 aromatic rings. The van der Waals surface area contributed by atoms with Gasteiger partial charge in [0, 0.05) is 5.38 Å². The molecule has 0 bridgehead atoms. The molecule has 0 spiro atoms. The van der Waals surface area contributed by atoms with E-state index in [1.807, 2.05) is 0 Å². The van der Waals surface area contributed by atoms with E-state index in [0.29, 0.717) is 5.69 Å². The van der Waals surface area contributed by atoms with Crippen LogP contribution in [-0.4, -0.2) is 28.7 Å². The molecule has 1 aromatic heterocycles. The number of primary amides is 1. The highest BCUT2D eigenvalue weighted by Crippen LogP contribution is 2.17. The van der Waals surface area contributed by atoms with E-state index >= 15 is 0 Å². The highest BCUT2D eigenvalue weighted by molar-refractivity contribution is 7.13. The number of nitrogens with one attached hydrogen (secondary N) is 2. The standard InChI is InChI=1S/C17H19FN4O3S/c1-9(2)14(21-15(24)11-5-3-4-6-12(11)18)16(25)22-17-20-10(8-26-17)7-13(19)23/h3-6,8-9,14H,7H2,1-2H3,(H2,19,23)(H,21,24)(H,20,22,25). The second kappa shape index (κ2) is 8.52. The fourth-order valence-electron chi connectivity index (χ4n) is 2.21. The molecule has 0 fully saturated rings. The summed E-state index contributed by atoms with van der Waals surface area (Å²) in [6.45, 7) is 3.51. The Hall–Kier alpha value is -2.81. The number of nitrogens with zero attached hydrogens (tertiary/aromatic N) is 1. The molecule has 1 unspecified atom stereocenters. The monoisotopic (exact) mass is 378 g/mol. The number of benzene rings is 1. The molecule has 0 aliphatic heterocycles. The van der Waals surface area contributed by atoms with Crippen molar-refractivity contribution in [3.05, 3.63) is 46.7 Å². The summed E-state index contributed by atoms with van der Waals surface area (Å²) in [6.07, 6.45) is -0.0238. The predicted molar refractivity (Wildman–Crippen MR) is 96.1 cm³/mol. The van der Waals surface area contributed by atoms with Gasteiger partial charge in [-0.15, -0.1) is 11.3 Å². The Labute approximate surface area is 153 Å². The third-order valence-corrected chi connectivity index (χ3v) is 4.30. The SMILES string of the molecule is CC(C)C(NC(=O)c1ccccc1F)C(=O)Nc1nc(CC(N)=O)cs1. The van der Waals surface area contributed by atoms with Crippen molar-refractivity contribution in [3.63, 3.8) is 0 Å². The van der Waals surface area contributed by atoms with E-state index < -0.39 is 29.6 Å². The molecule has 0 aliphatic rings. The summed E-state index contributed by atoms with van der Waals surface area (Å²) < 4.78 is 13.7. The lowest BCUT2D eigenvalue weighted by Crippen LogP contribution is -2.47. The maximum absolute atomic E-state index is 13.7. The topological polar surface area (TPSA) is 114 Å². The van der Waals surface area contributed by atoms with Gasteiger partial charge in [-0.2, -0.15) is 0 Å². The van der Waals surface area contributed by atoms with Crippen molar-refractivity contribution in [3.8, 4) is 0 Å². The van der Waals surface area contributed by atoms with Crippen molar-refractivity contribution >= 4 is 34.2 Å². The van der Waals surface area contributed by atoms with Crippen molar-refractivity contribution in [1.82, 2.24) is 10.3 Å². The zero-order valence-electron chi connectivity index (χ0n) is 14.3. The zero-order chi connectivity index (χ0) is 19.3. The van der Waals surface area contributed by atoms with Gasteiger partial charge in [0.1, 0.15) is 11.9 Å². The number of thiazole rings is 1. The second-order valence-corrected chi connectivity index (χ2v) is 6.81. The number of hydrogen-bond acceptors (Lipinski definition) is 5. The van der Waals surface area contributed by atoms with Gasteiger partial charge in [0.05, 0.1) is 17.7 Å². The predicted octanol–water partition coefficient (Wildman–Crippen LogP) is 1.70. The van der Waals surface area contributed by atoms with Gasteiger partial charge in [0.15, 0.2) is 5.13 Å². The zero-order valence-corrected chi connectivity index (χ0v) is 15.1. The molecular weight excluding hydrogens is 359 g/mol. The number of anilines is 1. The Morgan fingerprint density at radius 2 is 1.96 bits per heavy atom. The van der Waals surface area contributed by atoms with E-state index in [4.69, 9.17) is 5.73 Å². The third kappa shape index (κ3) is 5.09. The van der Waals surface area contributed by atoms with Crippen LogP contribution in [0.25, 0.3) is 0 Å². The van der Waals surface area contributed by atoms with Crippen LogP contribution in [0.5, 0.6) is 0 Å². The molecule has 2 rings (SSSR count). The van der Waals surface area contributed by atoms with E-state index in [0.717, 1.165) is 11.3 Å². The van der Waals surface area contributed by atoms with Gasteiger partial charge in [-0.3, -0.25) is 14.4 Å². The average molecular weight is 378 g/mol.